The molecule has 0 amide bonds. The van der Waals surface area contributed by atoms with Gasteiger partial charge in [0.2, 0.25) is 0 Å². The highest BCUT2D eigenvalue weighted by Gasteiger charge is 2.08. The van der Waals surface area contributed by atoms with Crippen LogP contribution < -0.4 is 0 Å². The number of hydrogen-bond acceptors (Lipinski definition) is 1. The van der Waals surface area contributed by atoms with Gasteiger partial charge < -0.3 is 5.11 Å². The van der Waals surface area contributed by atoms with E-state index in [2.05, 4.69) is 13.8 Å². The maximum Gasteiger partial charge on any atom is 0.303 e. The minimum absolute atomic E-state index is 0.344. The lowest BCUT2D eigenvalue weighted by atomic mass is 9.90. The average Bonchev–Trinajstić information content (AvgIpc) is 2.42. The summed E-state index contributed by atoms with van der Waals surface area (Å²) in [6, 6.07) is 0. The van der Waals surface area contributed by atoms with E-state index in [1.165, 1.54) is 70.6 Å². The van der Waals surface area contributed by atoms with E-state index in [9.17, 15) is 4.79 Å². The molecule has 0 atom stereocenters. The van der Waals surface area contributed by atoms with Crippen molar-refractivity contribution in [3.63, 3.8) is 0 Å². The number of carboxylic acid groups (broad SMARTS) is 1. The Bertz CT molecular complexity index is 203. The lowest BCUT2D eigenvalue weighted by Gasteiger charge is -2.16. The van der Waals surface area contributed by atoms with Crippen LogP contribution in [0.2, 0.25) is 0 Å². The van der Waals surface area contributed by atoms with E-state index in [0.717, 1.165) is 18.8 Å². The molecule has 0 aromatic carbocycles. The molecule has 0 rings (SSSR count). The van der Waals surface area contributed by atoms with Gasteiger partial charge in [-0.1, -0.05) is 90.9 Å². The zero-order valence-electron chi connectivity index (χ0n) is 13.8. The molecule has 0 saturated carbocycles. The number of unbranched alkanes of at least 4 members (excludes halogenated alkanes) is 7. The van der Waals surface area contributed by atoms with Gasteiger partial charge in [0.1, 0.15) is 0 Å². The zero-order valence-corrected chi connectivity index (χ0v) is 13.8. The molecule has 1 N–H and O–H groups in total. The molecule has 0 heterocycles. The summed E-state index contributed by atoms with van der Waals surface area (Å²) in [5.41, 5.74) is 0. The van der Waals surface area contributed by atoms with Gasteiger partial charge in [0, 0.05) is 6.42 Å². The van der Waals surface area contributed by atoms with Crippen molar-refractivity contribution >= 4 is 5.97 Å². The second-order valence-electron chi connectivity index (χ2n) is 6.20. The molecule has 0 saturated heterocycles. The van der Waals surface area contributed by atoms with Crippen molar-refractivity contribution < 1.29 is 9.90 Å². The van der Waals surface area contributed by atoms with Gasteiger partial charge in [-0.2, -0.15) is 0 Å². The molecule has 0 spiro atoms. The summed E-state index contributed by atoms with van der Waals surface area (Å²) in [4.78, 5) is 10.4. The van der Waals surface area contributed by atoms with Gasteiger partial charge in [-0.25, -0.2) is 0 Å². The van der Waals surface area contributed by atoms with Gasteiger partial charge >= 0.3 is 5.97 Å². The Kier molecular flexibility index (Phi) is 14.5. The Morgan fingerprint density at radius 2 is 1.20 bits per heavy atom. The molecule has 0 aliphatic rings. The van der Waals surface area contributed by atoms with Crippen LogP contribution in [0.4, 0.5) is 0 Å². The summed E-state index contributed by atoms with van der Waals surface area (Å²) in [7, 11) is 0. The summed E-state index contributed by atoms with van der Waals surface area (Å²) < 4.78 is 0. The van der Waals surface area contributed by atoms with Crippen LogP contribution in [0.15, 0.2) is 0 Å². The maximum atomic E-state index is 10.4. The molecule has 0 aliphatic carbocycles. The first-order valence-electron chi connectivity index (χ1n) is 8.92. The number of rotatable bonds is 15. The third-order valence-corrected chi connectivity index (χ3v) is 4.18. The van der Waals surface area contributed by atoms with Gasteiger partial charge in [-0.05, 0) is 12.3 Å². The summed E-state index contributed by atoms with van der Waals surface area (Å²) in [6.45, 7) is 4.54. The van der Waals surface area contributed by atoms with Crippen molar-refractivity contribution in [3.8, 4) is 0 Å². The van der Waals surface area contributed by atoms with Gasteiger partial charge in [-0.3, -0.25) is 4.79 Å². The molecule has 0 aromatic rings. The Morgan fingerprint density at radius 3 is 1.65 bits per heavy atom. The molecule has 0 bridgehead atoms. The molecule has 0 fully saturated rings. The molecule has 20 heavy (non-hydrogen) atoms. The van der Waals surface area contributed by atoms with Gasteiger partial charge in [0.15, 0.2) is 0 Å². The fraction of sp³-hybridized carbons (Fsp3) is 0.944. The third-order valence-electron chi connectivity index (χ3n) is 4.18. The molecule has 2 heteroatoms. The average molecular weight is 284 g/mol. The number of hydrogen-bond donors (Lipinski definition) is 1. The van der Waals surface area contributed by atoms with Crippen LogP contribution in [-0.4, -0.2) is 11.1 Å². The van der Waals surface area contributed by atoms with Crippen LogP contribution in [0.1, 0.15) is 104 Å². The van der Waals surface area contributed by atoms with Crippen molar-refractivity contribution in [3.05, 3.63) is 0 Å². The minimum atomic E-state index is -0.651. The molecule has 0 aliphatic heterocycles. The van der Waals surface area contributed by atoms with E-state index in [1.807, 2.05) is 0 Å². The van der Waals surface area contributed by atoms with Gasteiger partial charge in [0.25, 0.3) is 0 Å². The Morgan fingerprint density at radius 1 is 0.750 bits per heavy atom. The Labute approximate surface area is 126 Å². The molecule has 120 valence electrons. The quantitative estimate of drug-likeness (QED) is 0.364. The van der Waals surface area contributed by atoms with Crippen molar-refractivity contribution in [1.82, 2.24) is 0 Å². The number of carbonyl (C=O) groups is 1. The molecule has 2 nitrogen and oxygen atoms in total. The predicted octanol–water partition coefficient (Wildman–Crippen LogP) is 6.19. The standard InChI is InChI=1S/C18H36O2/c1-3-5-9-13-17(14-10-6-4-2)15-11-7-8-12-16-18(19)20/h17H,3-16H2,1-2H3,(H,19,20). The lowest BCUT2D eigenvalue weighted by Crippen LogP contribution is -2.01. The van der Waals surface area contributed by atoms with E-state index in [-0.39, 0.29) is 0 Å². The van der Waals surface area contributed by atoms with Crippen LogP contribution in [0, 0.1) is 5.92 Å². The van der Waals surface area contributed by atoms with Crippen LogP contribution in [0.3, 0.4) is 0 Å². The van der Waals surface area contributed by atoms with Crippen molar-refractivity contribution in [2.75, 3.05) is 0 Å². The van der Waals surface area contributed by atoms with Crippen molar-refractivity contribution in [2.24, 2.45) is 5.92 Å². The van der Waals surface area contributed by atoms with E-state index in [1.54, 1.807) is 0 Å². The fourth-order valence-electron chi connectivity index (χ4n) is 2.86. The van der Waals surface area contributed by atoms with Crippen molar-refractivity contribution in [1.29, 1.82) is 0 Å². The number of aliphatic carboxylic acids is 1. The van der Waals surface area contributed by atoms with Crippen molar-refractivity contribution in [2.45, 2.75) is 104 Å². The first kappa shape index (κ1) is 19.5. The smallest absolute Gasteiger partial charge is 0.303 e. The highest BCUT2D eigenvalue weighted by molar-refractivity contribution is 5.66. The largest absolute Gasteiger partial charge is 0.481 e. The predicted molar refractivity (Wildman–Crippen MR) is 87.1 cm³/mol. The van der Waals surface area contributed by atoms with E-state index in [0.29, 0.717) is 6.42 Å². The topological polar surface area (TPSA) is 37.3 Å². The summed E-state index contributed by atoms with van der Waals surface area (Å²) in [6.07, 6.45) is 17.1. The summed E-state index contributed by atoms with van der Waals surface area (Å²) in [5, 5.41) is 8.60. The first-order chi connectivity index (χ1) is 9.70. The van der Waals surface area contributed by atoms with Crippen LogP contribution >= 0.6 is 0 Å². The van der Waals surface area contributed by atoms with Crippen LogP contribution in [0.25, 0.3) is 0 Å². The highest BCUT2D eigenvalue weighted by atomic mass is 16.4. The van der Waals surface area contributed by atoms with Crippen LogP contribution in [-0.2, 0) is 4.79 Å². The third kappa shape index (κ3) is 13.9. The first-order valence-corrected chi connectivity index (χ1v) is 8.92. The maximum absolute atomic E-state index is 10.4. The van der Waals surface area contributed by atoms with E-state index < -0.39 is 5.97 Å². The van der Waals surface area contributed by atoms with Crippen LogP contribution in [0.5, 0.6) is 0 Å². The molecular weight excluding hydrogens is 248 g/mol. The second-order valence-corrected chi connectivity index (χ2v) is 6.20. The molecular formula is C18H36O2. The monoisotopic (exact) mass is 284 g/mol. The Balaban J connectivity index is 3.63. The molecule has 0 radical (unpaired) electrons. The molecule has 0 aromatic heterocycles. The molecule has 0 unspecified atom stereocenters. The van der Waals surface area contributed by atoms with E-state index >= 15 is 0 Å². The summed E-state index contributed by atoms with van der Waals surface area (Å²) >= 11 is 0. The van der Waals surface area contributed by atoms with Gasteiger partial charge in [0.05, 0.1) is 0 Å². The van der Waals surface area contributed by atoms with E-state index in [4.69, 9.17) is 5.11 Å². The van der Waals surface area contributed by atoms with Gasteiger partial charge in [-0.15, -0.1) is 0 Å². The second kappa shape index (κ2) is 14.9. The Hall–Kier alpha value is -0.530. The highest BCUT2D eigenvalue weighted by Crippen LogP contribution is 2.23. The minimum Gasteiger partial charge on any atom is -0.481 e. The lowest BCUT2D eigenvalue weighted by molar-refractivity contribution is -0.137. The summed E-state index contributed by atoms with van der Waals surface area (Å²) in [5.74, 6) is 0.273. The number of carboxylic acids is 1. The fourth-order valence-corrected chi connectivity index (χ4v) is 2.86. The zero-order chi connectivity index (χ0) is 15.1. The normalized spacial score (nSPS) is 11.2. The SMILES string of the molecule is CCCCCC(CCCCC)CCCCCCC(=O)O.